The summed E-state index contributed by atoms with van der Waals surface area (Å²) in [6, 6.07) is 5.49. The van der Waals surface area contributed by atoms with E-state index in [4.69, 9.17) is 0 Å². The number of hydrogen-bond donors (Lipinski definition) is 0. The fourth-order valence-corrected chi connectivity index (χ4v) is 5.68. The molecule has 0 aliphatic rings. The number of hydrogen-bond acceptors (Lipinski definition) is 5. The van der Waals surface area contributed by atoms with Gasteiger partial charge in [-0.25, -0.2) is 0 Å². The third-order valence-electron chi connectivity index (χ3n) is 3.09. The van der Waals surface area contributed by atoms with E-state index in [1.165, 1.54) is 0 Å². The molecule has 138 valence electrons. The van der Waals surface area contributed by atoms with Gasteiger partial charge in [-0.15, -0.1) is 0 Å². The molecule has 24 heavy (non-hydrogen) atoms. The topological polar surface area (TPSA) is 81.2 Å². The smallest absolute Gasteiger partial charge is 0.0659 e. The van der Waals surface area contributed by atoms with Crippen molar-refractivity contribution in [2.75, 3.05) is 35.5 Å². The normalized spacial score (nSPS) is 16.4. The van der Waals surface area contributed by atoms with Gasteiger partial charge in [-0.3, -0.25) is 21.8 Å². The minimum absolute atomic E-state index is 0.367. The van der Waals surface area contributed by atoms with Crippen LogP contribution in [0.1, 0.15) is 24.2 Å². The lowest BCUT2D eigenvalue weighted by atomic mass is 10.3. The summed E-state index contributed by atoms with van der Waals surface area (Å²) in [6.45, 7) is 0. The Bertz CT molecular complexity index is 572. The monoisotopic (exact) mass is 411 g/mol. The van der Waals surface area contributed by atoms with Gasteiger partial charge in [0.2, 0.25) is 0 Å². The summed E-state index contributed by atoms with van der Waals surface area (Å²) >= 11 is 0. The Kier molecular flexibility index (Phi) is 11.0. The first-order valence-electron chi connectivity index (χ1n) is 7.61. The quantitative estimate of drug-likeness (QED) is 0.515. The van der Waals surface area contributed by atoms with Crippen molar-refractivity contribution in [3.05, 3.63) is 29.6 Å². The average Bonchev–Trinajstić information content (AvgIpc) is 2.46. The Morgan fingerprint density at radius 3 is 1.54 bits per heavy atom. The molecule has 0 saturated carbocycles. The first-order valence-corrected chi connectivity index (χ1v) is 14.0. The van der Waals surface area contributed by atoms with Crippen molar-refractivity contribution in [3.63, 3.8) is 0 Å². The van der Waals surface area contributed by atoms with Gasteiger partial charge in [-0.05, 0) is 25.0 Å². The number of nitrogens with zero attached hydrogens (tertiary/aromatic N) is 1. The second-order valence-electron chi connectivity index (χ2n) is 5.46. The average molecular weight is 412 g/mol. The molecule has 0 radical (unpaired) electrons. The molecule has 0 fully saturated rings. The fourth-order valence-electron chi connectivity index (χ4n) is 2.01. The molecule has 0 saturated heterocycles. The highest BCUT2D eigenvalue weighted by Gasteiger charge is 2.08. The van der Waals surface area contributed by atoms with Gasteiger partial charge >= 0.3 is 0 Å². The largest absolute Gasteiger partial charge is 0.260 e. The lowest BCUT2D eigenvalue weighted by Crippen LogP contribution is -2.09. The summed E-state index contributed by atoms with van der Waals surface area (Å²) in [4.78, 5) is 4.43. The molecule has 0 aliphatic carbocycles. The second kappa shape index (κ2) is 12.2. The molecular weight excluding hydrogens is 386 g/mol. The molecule has 1 heterocycles. The molecule has 0 spiro atoms. The number of aromatic nitrogens is 1. The molecule has 0 amide bonds. The maximum atomic E-state index is 12.0. The Balaban J connectivity index is 2.45. The molecule has 4 atom stereocenters. The Morgan fingerprint density at radius 2 is 1.17 bits per heavy atom. The zero-order valence-electron chi connectivity index (χ0n) is 14.1. The van der Waals surface area contributed by atoms with E-state index in [1.54, 1.807) is 12.5 Å². The van der Waals surface area contributed by atoms with Crippen molar-refractivity contribution < 1.29 is 16.8 Å². The van der Waals surface area contributed by atoms with Crippen LogP contribution in [0.2, 0.25) is 0 Å². The maximum absolute atomic E-state index is 12.0. The van der Waals surface area contributed by atoms with E-state index in [9.17, 15) is 16.8 Å². The second-order valence-corrected chi connectivity index (χ2v) is 11.7. The van der Waals surface area contributed by atoms with Crippen LogP contribution in [0.3, 0.4) is 0 Å². The SMILES string of the molecule is CS(=O)CCCS(=O)Cc1cccc(CS(=O)CCCS(C)=O)n1. The molecule has 1 aromatic heterocycles. The van der Waals surface area contributed by atoms with Crippen molar-refractivity contribution in [1.82, 2.24) is 4.98 Å². The number of pyridine rings is 1. The molecule has 9 heteroatoms. The summed E-state index contributed by atoms with van der Waals surface area (Å²) in [5.74, 6) is 2.91. The van der Waals surface area contributed by atoms with Crippen LogP contribution >= 0.6 is 0 Å². The van der Waals surface area contributed by atoms with E-state index in [2.05, 4.69) is 4.98 Å². The van der Waals surface area contributed by atoms with Crippen LogP contribution in [0.4, 0.5) is 0 Å². The highest BCUT2D eigenvalue weighted by molar-refractivity contribution is 7.85. The van der Waals surface area contributed by atoms with Crippen LogP contribution in [0.25, 0.3) is 0 Å². The van der Waals surface area contributed by atoms with Crippen LogP contribution in [0, 0.1) is 0 Å². The minimum Gasteiger partial charge on any atom is -0.260 e. The van der Waals surface area contributed by atoms with Gasteiger partial charge in [0.1, 0.15) is 0 Å². The summed E-state index contributed by atoms with van der Waals surface area (Å²) < 4.78 is 46.0. The van der Waals surface area contributed by atoms with Crippen molar-refractivity contribution in [2.45, 2.75) is 24.3 Å². The maximum Gasteiger partial charge on any atom is 0.0659 e. The van der Waals surface area contributed by atoms with E-state index in [0.717, 1.165) is 11.4 Å². The van der Waals surface area contributed by atoms with E-state index in [1.807, 2.05) is 18.2 Å². The molecule has 5 nitrogen and oxygen atoms in total. The Hall–Kier alpha value is -0.250. The van der Waals surface area contributed by atoms with Gasteiger partial charge < -0.3 is 0 Å². The zero-order valence-corrected chi connectivity index (χ0v) is 17.4. The summed E-state index contributed by atoms with van der Waals surface area (Å²) in [5.41, 5.74) is 1.46. The Morgan fingerprint density at radius 1 is 0.750 bits per heavy atom. The van der Waals surface area contributed by atoms with Crippen molar-refractivity contribution in [2.24, 2.45) is 0 Å². The van der Waals surface area contributed by atoms with Crippen LogP contribution < -0.4 is 0 Å². The molecule has 0 aliphatic heterocycles. The van der Waals surface area contributed by atoms with Crippen LogP contribution in [0.15, 0.2) is 18.2 Å². The number of rotatable bonds is 12. The van der Waals surface area contributed by atoms with Crippen molar-refractivity contribution in [1.29, 1.82) is 0 Å². The summed E-state index contributed by atoms with van der Waals surface area (Å²) in [5, 5.41) is 0. The zero-order chi connectivity index (χ0) is 17.9. The third-order valence-corrected chi connectivity index (χ3v) is 7.54. The molecular formula is C15H25NO4S4. The Labute approximate surface area is 154 Å². The lowest BCUT2D eigenvalue weighted by molar-refractivity contribution is 0.678. The van der Waals surface area contributed by atoms with Crippen LogP contribution in [-0.2, 0) is 54.7 Å². The van der Waals surface area contributed by atoms with E-state index in [-0.39, 0.29) is 0 Å². The highest BCUT2D eigenvalue weighted by atomic mass is 32.2. The molecule has 0 bridgehead atoms. The van der Waals surface area contributed by atoms with Gasteiger partial charge in [0.25, 0.3) is 0 Å². The first kappa shape index (κ1) is 21.8. The van der Waals surface area contributed by atoms with Crippen LogP contribution in [0.5, 0.6) is 0 Å². The van der Waals surface area contributed by atoms with Gasteiger partial charge in [0.05, 0.1) is 22.9 Å². The molecule has 4 unspecified atom stereocenters. The first-order chi connectivity index (χ1) is 11.4. The predicted octanol–water partition coefficient (Wildman–Crippen LogP) is 1.12. The van der Waals surface area contributed by atoms with E-state index < -0.39 is 43.2 Å². The van der Waals surface area contributed by atoms with Gasteiger partial charge in [-0.1, -0.05) is 6.07 Å². The summed E-state index contributed by atoms with van der Waals surface area (Å²) in [6.07, 6.45) is 4.65. The molecule has 0 aromatic carbocycles. The molecule has 1 rings (SSSR count). The summed E-state index contributed by atoms with van der Waals surface area (Å²) in [7, 11) is -3.75. The highest BCUT2D eigenvalue weighted by Crippen LogP contribution is 2.07. The molecule has 0 N–H and O–H groups in total. The standard InChI is InChI=1S/C15H25NO4S4/c1-21(17)8-4-10-23(19)12-14-6-3-7-15(16-14)13-24(20)11-5-9-22(2)18/h3,6-7H,4-5,8-13H2,1-2H3. The molecule has 1 aromatic rings. The van der Waals surface area contributed by atoms with E-state index in [0.29, 0.717) is 47.4 Å². The van der Waals surface area contributed by atoms with Gasteiger partial charge in [0, 0.05) is 78.7 Å². The van der Waals surface area contributed by atoms with Gasteiger partial charge in [0.15, 0.2) is 0 Å². The fraction of sp³-hybridized carbons (Fsp3) is 0.667. The minimum atomic E-state index is -1.03. The van der Waals surface area contributed by atoms with Crippen molar-refractivity contribution >= 4 is 43.2 Å². The third kappa shape index (κ3) is 10.6. The van der Waals surface area contributed by atoms with E-state index >= 15 is 0 Å². The van der Waals surface area contributed by atoms with Crippen LogP contribution in [-0.4, -0.2) is 57.3 Å². The van der Waals surface area contributed by atoms with Gasteiger partial charge in [-0.2, -0.15) is 0 Å². The lowest BCUT2D eigenvalue weighted by Gasteiger charge is -2.05. The van der Waals surface area contributed by atoms with Crippen molar-refractivity contribution in [3.8, 4) is 0 Å². The predicted molar refractivity (Wildman–Crippen MR) is 105 cm³/mol.